The van der Waals surface area contributed by atoms with Crippen LogP contribution >= 0.6 is 0 Å². The number of rotatable bonds is 3. The van der Waals surface area contributed by atoms with Gasteiger partial charge in [0.25, 0.3) is 0 Å². The van der Waals surface area contributed by atoms with Crippen molar-refractivity contribution < 1.29 is 20.8 Å². The molecule has 0 N–H and O–H groups in total. The highest BCUT2D eigenvalue weighted by Gasteiger charge is 2.52. The maximum Gasteiger partial charge on any atom is 0.208 e. The van der Waals surface area contributed by atoms with Gasteiger partial charge in [0.15, 0.2) is 17.5 Å². The molecule has 1 unspecified atom stereocenters. The predicted octanol–water partition coefficient (Wildman–Crippen LogP) is 12.0. The molecule has 3 aliphatic rings. The first-order chi connectivity index (χ1) is 32.7. The lowest BCUT2D eigenvalue weighted by molar-refractivity contribution is 0.599. The van der Waals surface area contributed by atoms with Crippen molar-refractivity contribution in [3.8, 4) is 78.7 Å². The quantitative estimate of drug-likeness (QED) is 0.178. The second-order valence-corrected chi connectivity index (χ2v) is 16.7. The van der Waals surface area contributed by atoms with Crippen LogP contribution in [0.1, 0.15) is 40.2 Å². The lowest BCUT2D eigenvalue weighted by Gasteiger charge is -2.35. The van der Waals surface area contributed by atoms with E-state index in [1.54, 1.807) is 12.1 Å². The molecule has 0 fully saturated rings. The van der Waals surface area contributed by atoms with Gasteiger partial charge >= 0.3 is 0 Å². The molecule has 9 aromatic rings. The van der Waals surface area contributed by atoms with Gasteiger partial charge in [0.1, 0.15) is 0 Å². The Bertz CT molecular complexity index is 3770. The van der Waals surface area contributed by atoms with Gasteiger partial charge in [-0.2, -0.15) is 0 Å². The van der Waals surface area contributed by atoms with Crippen LogP contribution in [0.3, 0.4) is 0 Å². The first kappa shape index (κ1) is 25.9. The summed E-state index contributed by atoms with van der Waals surface area (Å²) in [5, 5.41) is 0. The summed E-state index contributed by atoms with van der Waals surface area (Å²) < 4.78 is 108. The zero-order valence-corrected chi connectivity index (χ0v) is 32.0. The minimum absolute atomic E-state index is 0.0306. The summed E-state index contributed by atoms with van der Waals surface area (Å²) in [6.45, 7) is 1.49. The van der Waals surface area contributed by atoms with Crippen LogP contribution in [0, 0.1) is 6.92 Å². The molecule has 12 rings (SSSR count). The molecule has 8 aromatic carbocycles. The highest BCUT2D eigenvalue weighted by molar-refractivity contribution is 7.92. The molecule has 0 saturated heterocycles. The molecule has 1 atom stereocenters. The Balaban J connectivity index is 1.22. The molecule has 1 spiro atoms. The molecule has 0 bridgehead atoms. The van der Waals surface area contributed by atoms with Crippen molar-refractivity contribution in [3.63, 3.8) is 0 Å². The van der Waals surface area contributed by atoms with Crippen LogP contribution in [0.5, 0.6) is 0 Å². The van der Waals surface area contributed by atoms with Crippen molar-refractivity contribution >= 4 is 9.84 Å². The lowest BCUT2D eigenvalue weighted by atomic mass is 9.65. The molecule has 6 heteroatoms. The summed E-state index contributed by atoms with van der Waals surface area (Å²) in [6.07, 6.45) is 0. The highest BCUT2D eigenvalue weighted by atomic mass is 32.2. The van der Waals surface area contributed by atoms with E-state index in [0.717, 1.165) is 50.1 Å². The molecule has 0 radical (unpaired) electrons. The van der Waals surface area contributed by atoms with Crippen molar-refractivity contribution in [2.45, 2.75) is 22.1 Å². The average molecular weight is 785 g/mol. The monoisotopic (exact) mass is 784 g/mol. The van der Waals surface area contributed by atoms with Crippen LogP contribution in [0.15, 0.2) is 192 Å². The van der Waals surface area contributed by atoms with Crippen LogP contribution in [0.25, 0.3) is 78.7 Å². The molecule has 5 nitrogen and oxygen atoms in total. The van der Waals surface area contributed by atoms with Crippen LogP contribution in [-0.2, 0) is 15.3 Å². The molecule has 0 amide bonds. The van der Waals surface area contributed by atoms with Gasteiger partial charge in [-0.25, -0.2) is 23.4 Å². The minimum Gasteiger partial charge on any atom is -0.218 e. The van der Waals surface area contributed by atoms with Gasteiger partial charge in [-0.1, -0.05) is 169 Å². The molecule has 2 aliphatic carbocycles. The van der Waals surface area contributed by atoms with Crippen LogP contribution in [0.4, 0.5) is 0 Å². The van der Waals surface area contributed by atoms with Crippen molar-refractivity contribution in [1.29, 1.82) is 0 Å². The van der Waals surface area contributed by atoms with Crippen LogP contribution in [0.2, 0.25) is 0 Å². The molecular weight excluding hydrogens is 743 g/mol. The fourth-order valence-corrected chi connectivity index (χ4v) is 11.4. The first-order valence-corrected chi connectivity index (χ1v) is 20.5. The van der Waals surface area contributed by atoms with Gasteiger partial charge in [0.05, 0.1) is 27.5 Å². The third-order valence-corrected chi connectivity index (χ3v) is 13.6. The van der Waals surface area contributed by atoms with Crippen molar-refractivity contribution in [2.24, 2.45) is 0 Å². The summed E-state index contributed by atoms with van der Waals surface area (Å²) in [4.78, 5) is 14.8. The number of hydrogen-bond acceptors (Lipinski definition) is 5. The number of aromatic nitrogens is 3. The van der Waals surface area contributed by atoms with Crippen LogP contribution < -0.4 is 0 Å². The minimum atomic E-state index is -4.00. The van der Waals surface area contributed by atoms with E-state index in [0.29, 0.717) is 22.3 Å². The van der Waals surface area contributed by atoms with E-state index < -0.39 is 57.5 Å². The van der Waals surface area contributed by atoms with Gasteiger partial charge in [-0.3, -0.25) is 0 Å². The third-order valence-electron chi connectivity index (χ3n) is 11.8. The number of sulfone groups is 1. The molecule has 1 aliphatic heterocycles. The Morgan fingerprint density at radius 3 is 1.78 bits per heavy atom. The summed E-state index contributed by atoms with van der Waals surface area (Å²) in [5.74, 6) is -0.616. The van der Waals surface area contributed by atoms with Crippen molar-refractivity contribution in [1.82, 2.24) is 15.0 Å². The van der Waals surface area contributed by atoms with Crippen molar-refractivity contribution in [2.75, 3.05) is 0 Å². The zero-order valence-electron chi connectivity index (χ0n) is 40.2. The second kappa shape index (κ2) is 12.4. The second-order valence-electron chi connectivity index (χ2n) is 14.8. The Labute approximate surface area is 355 Å². The average Bonchev–Trinajstić information content (AvgIpc) is 3.74. The Morgan fingerprint density at radius 1 is 0.475 bits per heavy atom. The fraction of sp³-hybridized carbons (Fsp3) is 0.0377. The number of benzene rings is 8. The standard InChI is InChI=1S/C53H33N3O2S/c1-32-14-13-17-34(30-32)51-54-50(33-15-3-2-4-16-33)55-52(56-51)35-26-27-39-37-19-6-5-18-36(37)38-20-7-10-23-43(38)53(46(39)31-35)44-24-11-8-22-42(44)48-45(53)29-28-41-40-21-9-12-25-47(40)59(57,58)49(41)48/h2-31H,1H3/i2D,3D,4D,13D,14D,15D,16D,17D,30D. The van der Waals surface area contributed by atoms with E-state index in [4.69, 9.17) is 22.3 Å². The molecule has 0 saturated carbocycles. The van der Waals surface area contributed by atoms with Gasteiger partial charge in [0.2, 0.25) is 9.84 Å². The maximum atomic E-state index is 14.9. The Kier molecular flexibility index (Phi) is 5.42. The van der Waals surface area contributed by atoms with E-state index in [-0.39, 0.29) is 56.0 Å². The van der Waals surface area contributed by atoms with Gasteiger partial charge in [-0.15, -0.1) is 0 Å². The number of fused-ring (bicyclic) bond motifs is 16. The smallest absolute Gasteiger partial charge is 0.208 e. The first-order valence-electron chi connectivity index (χ1n) is 23.5. The van der Waals surface area contributed by atoms with Crippen LogP contribution in [-0.4, -0.2) is 23.4 Å². The normalized spacial score (nSPS) is 18.0. The van der Waals surface area contributed by atoms with E-state index in [1.165, 1.54) is 6.92 Å². The van der Waals surface area contributed by atoms with Gasteiger partial charge < -0.3 is 0 Å². The maximum absolute atomic E-state index is 14.9. The van der Waals surface area contributed by atoms with E-state index in [1.807, 2.05) is 91.0 Å². The molecule has 59 heavy (non-hydrogen) atoms. The summed E-state index contributed by atoms with van der Waals surface area (Å²) in [6, 6.07) is 36.2. The predicted molar refractivity (Wildman–Crippen MR) is 233 cm³/mol. The lowest BCUT2D eigenvalue weighted by Crippen LogP contribution is -2.29. The fourth-order valence-electron chi connectivity index (χ4n) is 9.45. The van der Waals surface area contributed by atoms with E-state index >= 15 is 0 Å². The summed E-state index contributed by atoms with van der Waals surface area (Å²) in [5.41, 5.74) is 8.27. The zero-order chi connectivity index (χ0) is 47.3. The highest BCUT2D eigenvalue weighted by Crippen LogP contribution is 2.64. The molecule has 1 aromatic heterocycles. The SMILES string of the molecule is [2H]c1c([2H])c([2H])c(-c2nc(-c3ccc4c(c3)C3(c5ccccc5-c5ccccc5-4)c4ccccc4-c4c3ccc3c4S(=O)(=O)c4ccccc4-3)nc(-c3c([2H])c([2H])c([2H])c(C)c3[2H])n2)c([2H])c1[2H]. The van der Waals surface area contributed by atoms with Gasteiger partial charge in [0, 0.05) is 33.4 Å². The molecule has 2 heterocycles. The molecular formula is C53H33N3O2S. The Morgan fingerprint density at radius 2 is 1.03 bits per heavy atom. The van der Waals surface area contributed by atoms with E-state index in [9.17, 15) is 8.42 Å². The summed E-state index contributed by atoms with van der Waals surface area (Å²) >= 11 is 0. The topological polar surface area (TPSA) is 72.8 Å². The third kappa shape index (κ3) is 4.66. The summed E-state index contributed by atoms with van der Waals surface area (Å²) in [7, 11) is -4.00. The largest absolute Gasteiger partial charge is 0.218 e. The Hall–Kier alpha value is -7.28. The number of hydrogen-bond donors (Lipinski definition) is 0. The molecule has 278 valence electrons. The van der Waals surface area contributed by atoms with E-state index in [2.05, 4.69) is 29.2 Å². The van der Waals surface area contributed by atoms with Gasteiger partial charge in [-0.05, 0) is 75.2 Å². The van der Waals surface area contributed by atoms with Crippen molar-refractivity contribution in [3.05, 3.63) is 210 Å². The number of nitrogens with zero attached hydrogens (tertiary/aromatic N) is 3.